The number of nitrogens with zero attached hydrogens (tertiary/aromatic N) is 3. The molecule has 0 amide bonds. The van der Waals surface area contributed by atoms with E-state index in [-0.39, 0.29) is 12.1 Å². The first-order valence-corrected chi connectivity index (χ1v) is 9.93. The molecule has 1 aromatic carbocycles. The Morgan fingerprint density at radius 2 is 2.00 bits per heavy atom. The maximum absolute atomic E-state index is 5.95. The third-order valence-corrected chi connectivity index (χ3v) is 5.99. The molecule has 0 bridgehead atoms. The second-order valence-corrected chi connectivity index (χ2v) is 7.29. The van der Waals surface area contributed by atoms with Gasteiger partial charge in [0.05, 0.1) is 18.3 Å². The molecule has 0 aliphatic carbocycles. The summed E-state index contributed by atoms with van der Waals surface area (Å²) in [6, 6.07) is 15.1. The molecule has 3 unspecified atom stereocenters. The van der Waals surface area contributed by atoms with Gasteiger partial charge in [0.15, 0.2) is 5.17 Å². The number of fused-ring (bicyclic) bond motifs is 1. The second kappa shape index (κ2) is 7.08. The average molecular weight is 353 g/mol. The number of amidine groups is 1. The molecule has 5 heteroatoms. The van der Waals surface area contributed by atoms with Crippen molar-refractivity contribution in [3.05, 3.63) is 59.9 Å². The summed E-state index contributed by atoms with van der Waals surface area (Å²) >= 11 is 1.87. The zero-order valence-electron chi connectivity index (χ0n) is 14.6. The molecule has 0 saturated carbocycles. The van der Waals surface area contributed by atoms with Gasteiger partial charge in [-0.05, 0) is 31.5 Å². The van der Waals surface area contributed by atoms with E-state index in [0.29, 0.717) is 12.6 Å². The Labute approximate surface area is 153 Å². The fourth-order valence-electron chi connectivity index (χ4n) is 3.70. The zero-order valence-corrected chi connectivity index (χ0v) is 15.4. The first-order valence-electron chi connectivity index (χ1n) is 8.95. The summed E-state index contributed by atoms with van der Waals surface area (Å²) in [6.45, 7) is 4.95. The number of para-hydroxylation sites is 1. The summed E-state index contributed by atoms with van der Waals surface area (Å²) < 4.78 is 5.95. The van der Waals surface area contributed by atoms with Gasteiger partial charge in [-0.2, -0.15) is 0 Å². The van der Waals surface area contributed by atoms with Crippen LogP contribution in [0.25, 0.3) is 0 Å². The summed E-state index contributed by atoms with van der Waals surface area (Å²) in [5.41, 5.74) is 2.23. The number of aliphatic imine (C=N–C) groups is 1. The minimum atomic E-state index is 0.0136. The number of rotatable bonds is 5. The minimum absolute atomic E-state index is 0.0136. The molecular formula is C20H23N3OS. The lowest BCUT2D eigenvalue weighted by molar-refractivity contribution is 0.245. The van der Waals surface area contributed by atoms with E-state index < -0.39 is 0 Å². The fraction of sp³-hybridized carbons (Fsp3) is 0.400. The molecule has 2 aromatic rings. The van der Waals surface area contributed by atoms with Gasteiger partial charge >= 0.3 is 0 Å². The standard InChI is InChI=1S/C20H23N3OS/c1-3-14-13-25-20-22-18(16-10-7-8-12-21-16)19(23(14)20)15-9-5-6-11-17(15)24-4-2/h5-12,14,18-19H,3-4,13H2,1-2H3. The first kappa shape index (κ1) is 16.5. The smallest absolute Gasteiger partial charge is 0.160 e. The highest BCUT2D eigenvalue weighted by Gasteiger charge is 2.46. The number of hydrogen-bond acceptors (Lipinski definition) is 5. The van der Waals surface area contributed by atoms with Crippen molar-refractivity contribution < 1.29 is 4.74 Å². The van der Waals surface area contributed by atoms with Gasteiger partial charge in [0, 0.05) is 23.6 Å². The molecule has 2 aliphatic rings. The van der Waals surface area contributed by atoms with Crippen LogP contribution < -0.4 is 4.74 Å². The van der Waals surface area contributed by atoms with Crippen molar-refractivity contribution in [3.63, 3.8) is 0 Å². The van der Waals surface area contributed by atoms with Gasteiger partial charge in [-0.1, -0.05) is 43.0 Å². The van der Waals surface area contributed by atoms with Crippen molar-refractivity contribution >= 4 is 16.9 Å². The highest BCUT2D eigenvalue weighted by molar-refractivity contribution is 8.14. The lowest BCUT2D eigenvalue weighted by Crippen LogP contribution is -2.35. The molecule has 1 saturated heterocycles. The second-order valence-electron chi connectivity index (χ2n) is 6.31. The SMILES string of the molecule is CCOc1ccccc1C1C(c2ccccn2)N=C2SCC(CC)N21. The number of ether oxygens (including phenoxy) is 1. The zero-order chi connectivity index (χ0) is 17.2. The number of benzene rings is 1. The molecule has 4 rings (SSSR count). The topological polar surface area (TPSA) is 37.7 Å². The molecule has 0 N–H and O–H groups in total. The minimum Gasteiger partial charge on any atom is -0.494 e. The third kappa shape index (κ3) is 2.91. The summed E-state index contributed by atoms with van der Waals surface area (Å²) in [4.78, 5) is 12.2. The van der Waals surface area contributed by atoms with Crippen molar-refractivity contribution in [1.29, 1.82) is 0 Å². The predicted molar refractivity (Wildman–Crippen MR) is 103 cm³/mol. The molecule has 1 fully saturated rings. The summed E-state index contributed by atoms with van der Waals surface area (Å²) in [5, 5.41) is 1.15. The first-order chi connectivity index (χ1) is 12.3. The molecule has 0 radical (unpaired) electrons. The van der Waals surface area contributed by atoms with Gasteiger partial charge in [0.1, 0.15) is 11.8 Å². The van der Waals surface area contributed by atoms with Crippen molar-refractivity contribution in [2.24, 2.45) is 4.99 Å². The highest BCUT2D eigenvalue weighted by Crippen LogP contribution is 2.50. The number of hydrogen-bond donors (Lipinski definition) is 0. The number of aromatic nitrogens is 1. The summed E-state index contributed by atoms with van der Waals surface area (Å²) in [5.74, 6) is 2.07. The van der Waals surface area contributed by atoms with E-state index in [1.165, 1.54) is 5.56 Å². The van der Waals surface area contributed by atoms with E-state index in [2.05, 4.69) is 41.1 Å². The molecule has 4 nitrogen and oxygen atoms in total. The van der Waals surface area contributed by atoms with E-state index in [9.17, 15) is 0 Å². The average Bonchev–Trinajstić information content (AvgIpc) is 3.22. The van der Waals surface area contributed by atoms with Crippen molar-refractivity contribution in [2.75, 3.05) is 12.4 Å². The van der Waals surface area contributed by atoms with Crippen LogP contribution in [0.15, 0.2) is 53.7 Å². The van der Waals surface area contributed by atoms with Gasteiger partial charge in [-0.25, -0.2) is 0 Å². The lowest BCUT2D eigenvalue weighted by Gasteiger charge is -2.32. The summed E-state index contributed by atoms with van der Waals surface area (Å²) in [7, 11) is 0. The van der Waals surface area contributed by atoms with Crippen LogP contribution in [0.1, 0.15) is 43.6 Å². The number of thioether (sulfide) groups is 1. The Morgan fingerprint density at radius 1 is 1.16 bits per heavy atom. The molecule has 0 spiro atoms. The maximum atomic E-state index is 5.95. The third-order valence-electron chi connectivity index (χ3n) is 4.87. The fourth-order valence-corrected chi connectivity index (χ4v) is 5.04. The Bertz CT molecular complexity index is 765. The Morgan fingerprint density at radius 3 is 2.76 bits per heavy atom. The lowest BCUT2D eigenvalue weighted by atomic mass is 9.94. The van der Waals surface area contributed by atoms with Crippen LogP contribution in [0, 0.1) is 0 Å². The van der Waals surface area contributed by atoms with E-state index in [1.54, 1.807) is 0 Å². The maximum Gasteiger partial charge on any atom is 0.160 e. The molecule has 2 aliphatic heterocycles. The molecule has 3 heterocycles. The van der Waals surface area contributed by atoms with Crippen molar-refractivity contribution in [1.82, 2.24) is 9.88 Å². The van der Waals surface area contributed by atoms with Crippen molar-refractivity contribution in [2.45, 2.75) is 38.4 Å². The molecule has 1 aromatic heterocycles. The van der Waals surface area contributed by atoms with E-state index in [1.807, 2.05) is 43.1 Å². The van der Waals surface area contributed by atoms with Crippen LogP contribution in [0.3, 0.4) is 0 Å². The van der Waals surface area contributed by atoms with Crippen LogP contribution in [0.5, 0.6) is 5.75 Å². The summed E-state index contributed by atoms with van der Waals surface area (Å²) in [6.07, 6.45) is 2.98. The predicted octanol–water partition coefficient (Wildman–Crippen LogP) is 4.46. The Hall–Kier alpha value is -2.01. The van der Waals surface area contributed by atoms with Crippen LogP contribution >= 0.6 is 11.8 Å². The largest absolute Gasteiger partial charge is 0.494 e. The van der Waals surface area contributed by atoms with Crippen LogP contribution in [-0.2, 0) is 0 Å². The monoisotopic (exact) mass is 353 g/mol. The van der Waals surface area contributed by atoms with Gasteiger partial charge in [-0.15, -0.1) is 0 Å². The van der Waals surface area contributed by atoms with Gasteiger partial charge in [-0.3, -0.25) is 9.98 Å². The van der Waals surface area contributed by atoms with E-state index in [4.69, 9.17) is 9.73 Å². The van der Waals surface area contributed by atoms with E-state index >= 15 is 0 Å². The van der Waals surface area contributed by atoms with Gasteiger partial charge < -0.3 is 9.64 Å². The van der Waals surface area contributed by atoms with Crippen LogP contribution in [0.4, 0.5) is 0 Å². The quantitative estimate of drug-likeness (QED) is 0.795. The van der Waals surface area contributed by atoms with Gasteiger partial charge in [0.2, 0.25) is 0 Å². The molecule has 3 atom stereocenters. The Kier molecular flexibility index (Phi) is 4.66. The van der Waals surface area contributed by atoms with Crippen molar-refractivity contribution in [3.8, 4) is 5.75 Å². The Balaban J connectivity index is 1.81. The van der Waals surface area contributed by atoms with Gasteiger partial charge in [0.25, 0.3) is 0 Å². The normalized spacial score (nSPS) is 25.0. The highest BCUT2D eigenvalue weighted by atomic mass is 32.2. The van der Waals surface area contributed by atoms with E-state index in [0.717, 1.165) is 28.8 Å². The molecule has 25 heavy (non-hydrogen) atoms. The molecule has 130 valence electrons. The number of pyridine rings is 1. The van der Waals surface area contributed by atoms with Crippen LogP contribution in [0.2, 0.25) is 0 Å². The molecular weight excluding hydrogens is 330 g/mol. The van der Waals surface area contributed by atoms with Crippen LogP contribution in [-0.4, -0.2) is 33.5 Å².